The smallest absolute Gasteiger partial charge is 0.273 e. The molecule has 2 aromatic carbocycles. The average molecular weight is 343 g/mol. The van der Waals surface area contributed by atoms with Gasteiger partial charge in [-0.05, 0) is 18.7 Å². The largest absolute Gasteiger partial charge is 0.495 e. The highest BCUT2D eigenvalue weighted by molar-refractivity contribution is 5.93. The topological polar surface area (TPSA) is 84.7 Å². The van der Waals surface area contributed by atoms with Gasteiger partial charge in [0.1, 0.15) is 5.75 Å². The van der Waals surface area contributed by atoms with Gasteiger partial charge in [0.15, 0.2) is 0 Å². The first kappa shape index (κ1) is 18.4. The highest BCUT2D eigenvalue weighted by Crippen LogP contribution is 2.23. The minimum atomic E-state index is -0.405. The summed E-state index contributed by atoms with van der Waals surface area (Å²) in [4.78, 5) is 24.9. The summed E-state index contributed by atoms with van der Waals surface area (Å²) in [5, 5.41) is 13.9. The van der Waals surface area contributed by atoms with Gasteiger partial charge in [0, 0.05) is 18.2 Å². The predicted molar refractivity (Wildman–Crippen MR) is 95.7 cm³/mol. The van der Waals surface area contributed by atoms with E-state index >= 15 is 0 Å². The first-order chi connectivity index (χ1) is 12.0. The first-order valence-corrected chi connectivity index (χ1v) is 7.92. The summed E-state index contributed by atoms with van der Waals surface area (Å²) in [7, 11) is 1.54. The van der Waals surface area contributed by atoms with E-state index in [2.05, 4.69) is 5.32 Å². The lowest BCUT2D eigenvalue weighted by molar-refractivity contribution is -0.385. The summed E-state index contributed by atoms with van der Waals surface area (Å²) in [6, 6.07) is 13.7. The molecule has 0 aliphatic carbocycles. The van der Waals surface area contributed by atoms with Gasteiger partial charge in [-0.1, -0.05) is 37.3 Å². The monoisotopic (exact) mass is 343 g/mol. The summed E-state index contributed by atoms with van der Waals surface area (Å²) >= 11 is 0. The van der Waals surface area contributed by atoms with Crippen molar-refractivity contribution >= 4 is 17.3 Å². The van der Waals surface area contributed by atoms with Gasteiger partial charge in [-0.3, -0.25) is 19.8 Å². The number of hydrogen-bond donors (Lipinski definition) is 1. The summed E-state index contributed by atoms with van der Waals surface area (Å²) in [6.07, 6.45) is 0. The summed E-state index contributed by atoms with van der Waals surface area (Å²) in [5.41, 5.74) is 1.24. The van der Waals surface area contributed by atoms with E-state index in [9.17, 15) is 14.9 Å². The highest BCUT2D eigenvalue weighted by atomic mass is 16.6. The molecular formula is C18H21N3O4. The van der Waals surface area contributed by atoms with Gasteiger partial charge < -0.3 is 10.1 Å². The molecule has 7 nitrogen and oxygen atoms in total. The molecule has 0 heterocycles. The lowest BCUT2D eigenvalue weighted by Crippen LogP contribution is -2.33. The number of likely N-dealkylation sites (N-methyl/N-ethyl adjacent to an activating group) is 1. The van der Waals surface area contributed by atoms with Gasteiger partial charge in [-0.25, -0.2) is 0 Å². The van der Waals surface area contributed by atoms with Crippen molar-refractivity contribution in [3.63, 3.8) is 0 Å². The number of amides is 1. The van der Waals surface area contributed by atoms with E-state index < -0.39 is 4.92 Å². The van der Waals surface area contributed by atoms with E-state index in [-0.39, 0.29) is 18.1 Å². The average Bonchev–Trinajstić information content (AvgIpc) is 2.61. The Labute approximate surface area is 146 Å². The minimum Gasteiger partial charge on any atom is -0.495 e. The lowest BCUT2D eigenvalue weighted by Gasteiger charge is -2.20. The molecule has 1 N–H and O–H groups in total. The van der Waals surface area contributed by atoms with Gasteiger partial charge in [0.05, 0.1) is 24.3 Å². The van der Waals surface area contributed by atoms with Gasteiger partial charge in [-0.15, -0.1) is 0 Å². The van der Waals surface area contributed by atoms with Crippen molar-refractivity contribution in [2.24, 2.45) is 0 Å². The number of benzene rings is 2. The number of anilines is 1. The van der Waals surface area contributed by atoms with Crippen molar-refractivity contribution in [2.75, 3.05) is 25.5 Å². The molecule has 0 aromatic heterocycles. The molecule has 25 heavy (non-hydrogen) atoms. The van der Waals surface area contributed by atoms with E-state index in [1.165, 1.54) is 13.2 Å². The Kier molecular flexibility index (Phi) is 6.47. The lowest BCUT2D eigenvalue weighted by atomic mass is 10.1. The Morgan fingerprint density at radius 2 is 1.88 bits per heavy atom. The Hall–Kier alpha value is -2.93. The van der Waals surface area contributed by atoms with Crippen LogP contribution in [0, 0.1) is 10.1 Å². The number of nitrogens with zero attached hydrogens (tertiary/aromatic N) is 2. The second-order valence-corrected chi connectivity index (χ2v) is 5.44. The van der Waals surface area contributed by atoms with E-state index in [1.807, 2.05) is 24.0 Å². The molecule has 0 atom stereocenters. The number of para-hydroxylation sites is 3. The van der Waals surface area contributed by atoms with Crippen LogP contribution in [0.25, 0.3) is 0 Å². The van der Waals surface area contributed by atoms with Crippen molar-refractivity contribution in [3.05, 3.63) is 64.2 Å². The van der Waals surface area contributed by atoms with E-state index in [0.717, 1.165) is 0 Å². The van der Waals surface area contributed by atoms with Crippen LogP contribution in [0.1, 0.15) is 12.5 Å². The zero-order valence-corrected chi connectivity index (χ0v) is 14.3. The van der Waals surface area contributed by atoms with Gasteiger partial charge in [0.2, 0.25) is 5.91 Å². The maximum atomic E-state index is 12.3. The number of rotatable bonds is 8. The summed E-state index contributed by atoms with van der Waals surface area (Å²) in [5.74, 6) is 0.377. The second kappa shape index (κ2) is 8.79. The summed E-state index contributed by atoms with van der Waals surface area (Å²) < 4.78 is 5.21. The van der Waals surface area contributed by atoms with E-state index in [1.54, 1.807) is 30.3 Å². The molecule has 2 aromatic rings. The Bertz CT molecular complexity index is 749. The Morgan fingerprint density at radius 1 is 1.20 bits per heavy atom. The highest BCUT2D eigenvalue weighted by Gasteiger charge is 2.17. The van der Waals surface area contributed by atoms with Crippen molar-refractivity contribution in [1.29, 1.82) is 0 Å². The third-order valence-corrected chi connectivity index (χ3v) is 3.78. The van der Waals surface area contributed by atoms with Gasteiger partial charge in [0.25, 0.3) is 5.69 Å². The number of nitrogens with one attached hydrogen (secondary N) is 1. The van der Waals surface area contributed by atoms with Crippen molar-refractivity contribution in [1.82, 2.24) is 4.90 Å². The normalized spacial score (nSPS) is 10.5. The van der Waals surface area contributed by atoms with Crippen LogP contribution in [0.4, 0.5) is 11.4 Å². The van der Waals surface area contributed by atoms with E-state index in [0.29, 0.717) is 30.1 Å². The Morgan fingerprint density at radius 3 is 2.56 bits per heavy atom. The van der Waals surface area contributed by atoms with Crippen LogP contribution in [0.15, 0.2) is 48.5 Å². The molecule has 7 heteroatoms. The van der Waals surface area contributed by atoms with Crippen molar-refractivity contribution in [3.8, 4) is 5.75 Å². The fourth-order valence-corrected chi connectivity index (χ4v) is 2.48. The van der Waals surface area contributed by atoms with Gasteiger partial charge >= 0.3 is 0 Å². The maximum absolute atomic E-state index is 12.3. The van der Waals surface area contributed by atoms with Crippen molar-refractivity contribution in [2.45, 2.75) is 13.5 Å². The number of carbonyl (C=O) groups is 1. The first-order valence-electron chi connectivity index (χ1n) is 7.92. The Balaban J connectivity index is 2.04. The van der Waals surface area contributed by atoms with Crippen LogP contribution >= 0.6 is 0 Å². The standard InChI is InChI=1S/C18H21N3O4/c1-3-20(12-14-8-4-6-10-16(14)21(23)24)13-18(22)19-15-9-5-7-11-17(15)25-2/h4-11H,3,12-13H2,1-2H3,(H,19,22). The molecular weight excluding hydrogens is 322 g/mol. The van der Waals surface area contributed by atoms with Crippen LogP contribution in [-0.4, -0.2) is 35.9 Å². The van der Waals surface area contributed by atoms with Crippen LogP contribution in [0.5, 0.6) is 5.75 Å². The predicted octanol–water partition coefficient (Wildman–Crippen LogP) is 3.06. The number of methoxy groups -OCH3 is 1. The molecule has 0 unspecified atom stereocenters. The van der Waals surface area contributed by atoms with Crippen LogP contribution < -0.4 is 10.1 Å². The number of nitro benzene ring substituents is 1. The molecule has 0 saturated carbocycles. The van der Waals surface area contributed by atoms with Crippen molar-refractivity contribution < 1.29 is 14.5 Å². The molecule has 0 fully saturated rings. The maximum Gasteiger partial charge on any atom is 0.273 e. The molecule has 0 saturated heterocycles. The fraction of sp³-hybridized carbons (Fsp3) is 0.278. The van der Waals surface area contributed by atoms with Gasteiger partial charge in [-0.2, -0.15) is 0 Å². The fourth-order valence-electron chi connectivity index (χ4n) is 2.48. The molecule has 0 aliphatic heterocycles. The second-order valence-electron chi connectivity index (χ2n) is 5.44. The van der Waals surface area contributed by atoms with Crippen LogP contribution in [-0.2, 0) is 11.3 Å². The van der Waals surface area contributed by atoms with Crippen LogP contribution in [0.3, 0.4) is 0 Å². The zero-order chi connectivity index (χ0) is 18.2. The molecule has 0 bridgehead atoms. The molecule has 0 spiro atoms. The molecule has 1 amide bonds. The molecule has 2 rings (SSSR count). The molecule has 0 radical (unpaired) electrons. The third-order valence-electron chi connectivity index (χ3n) is 3.78. The zero-order valence-electron chi connectivity index (χ0n) is 14.3. The number of carbonyl (C=O) groups excluding carboxylic acids is 1. The number of hydrogen-bond acceptors (Lipinski definition) is 5. The molecule has 132 valence electrons. The number of nitro groups is 1. The quantitative estimate of drug-likeness (QED) is 0.588. The summed E-state index contributed by atoms with van der Waals surface area (Å²) in [6.45, 7) is 2.95. The van der Waals surface area contributed by atoms with E-state index in [4.69, 9.17) is 4.74 Å². The minimum absolute atomic E-state index is 0.0612. The van der Waals surface area contributed by atoms with Crippen LogP contribution in [0.2, 0.25) is 0 Å². The SMILES string of the molecule is CCN(CC(=O)Nc1ccccc1OC)Cc1ccccc1[N+](=O)[O-]. The number of ether oxygens (including phenoxy) is 1. The molecule has 0 aliphatic rings. The third kappa shape index (κ3) is 5.02.